The van der Waals surface area contributed by atoms with Crippen LogP contribution >= 0.6 is 0 Å². The number of rotatable bonds is 3. The summed E-state index contributed by atoms with van der Waals surface area (Å²) in [7, 11) is 2.00. The highest BCUT2D eigenvalue weighted by molar-refractivity contribution is 5.90. The molecule has 6 heteroatoms. The SMILES string of the molecule is Cc1cc(C[C@@H]2CN(c3ccnc4c3ccn4C)C[C@H]2O)n[nH]1. The van der Waals surface area contributed by atoms with E-state index >= 15 is 0 Å². The molecule has 0 bridgehead atoms. The van der Waals surface area contributed by atoms with Gasteiger partial charge in [0.15, 0.2) is 0 Å². The van der Waals surface area contributed by atoms with E-state index in [0.717, 1.165) is 41.1 Å². The van der Waals surface area contributed by atoms with Crippen molar-refractivity contribution in [2.24, 2.45) is 13.0 Å². The summed E-state index contributed by atoms with van der Waals surface area (Å²) in [6.07, 6.45) is 4.33. The Morgan fingerprint density at radius 2 is 2.22 bits per heavy atom. The van der Waals surface area contributed by atoms with Gasteiger partial charge in [0, 0.05) is 55.2 Å². The number of pyridine rings is 1. The van der Waals surface area contributed by atoms with Gasteiger partial charge in [-0.1, -0.05) is 0 Å². The molecular weight excluding hydrogens is 290 g/mol. The number of H-pyrrole nitrogens is 1. The largest absolute Gasteiger partial charge is 0.391 e. The molecule has 1 fully saturated rings. The van der Waals surface area contributed by atoms with Gasteiger partial charge in [0.05, 0.1) is 11.8 Å². The molecule has 4 rings (SSSR count). The number of β-amino-alcohol motifs (C(OH)–C–C–N with tert-alkyl or cyclic N) is 1. The van der Waals surface area contributed by atoms with E-state index in [1.165, 1.54) is 0 Å². The summed E-state index contributed by atoms with van der Waals surface area (Å²) in [6.45, 7) is 3.49. The zero-order valence-electron chi connectivity index (χ0n) is 13.4. The van der Waals surface area contributed by atoms with Crippen molar-refractivity contribution < 1.29 is 5.11 Å². The third-order valence-electron chi connectivity index (χ3n) is 4.72. The van der Waals surface area contributed by atoms with Crippen LogP contribution in [0.25, 0.3) is 11.0 Å². The number of aryl methyl sites for hydroxylation is 2. The molecule has 1 aliphatic heterocycles. The van der Waals surface area contributed by atoms with E-state index in [4.69, 9.17) is 0 Å². The molecular formula is C17H21N5O. The fraction of sp³-hybridized carbons (Fsp3) is 0.412. The summed E-state index contributed by atoms with van der Waals surface area (Å²) >= 11 is 0. The number of fused-ring (bicyclic) bond motifs is 1. The number of aliphatic hydroxyl groups excluding tert-OH is 1. The molecule has 2 N–H and O–H groups in total. The van der Waals surface area contributed by atoms with Crippen LogP contribution in [0, 0.1) is 12.8 Å². The molecule has 0 saturated carbocycles. The first-order valence-electron chi connectivity index (χ1n) is 7.96. The van der Waals surface area contributed by atoms with Crippen LogP contribution in [-0.2, 0) is 13.5 Å². The summed E-state index contributed by atoms with van der Waals surface area (Å²) in [4.78, 5) is 6.70. The Bertz CT molecular complexity index is 836. The van der Waals surface area contributed by atoms with Crippen molar-refractivity contribution in [3.8, 4) is 0 Å². The lowest BCUT2D eigenvalue weighted by atomic mass is 10.0. The van der Waals surface area contributed by atoms with Crippen molar-refractivity contribution in [2.45, 2.75) is 19.4 Å². The summed E-state index contributed by atoms with van der Waals surface area (Å²) in [5.41, 5.74) is 4.20. The van der Waals surface area contributed by atoms with Crippen LogP contribution in [0.4, 0.5) is 5.69 Å². The maximum atomic E-state index is 10.5. The Balaban J connectivity index is 1.58. The zero-order chi connectivity index (χ0) is 16.0. The van der Waals surface area contributed by atoms with Crippen LogP contribution in [0.15, 0.2) is 30.6 Å². The number of hydrogen-bond donors (Lipinski definition) is 2. The normalized spacial score (nSPS) is 21.4. The first-order valence-corrected chi connectivity index (χ1v) is 7.96. The maximum absolute atomic E-state index is 10.5. The summed E-state index contributed by atoms with van der Waals surface area (Å²) < 4.78 is 2.02. The van der Waals surface area contributed by atoms with Crippen molar-refractivity contribution in [3.63, 3.8) is 0 Å². The molecule has 0 spiro atoms. The Labute approximate surface area is 134 Å². The molecule has 3 aromatic rings. The van der Waals surface area contributed by atoms with Gasteiger partial charge in [0.2, 0.25) is 0 Å². The topological polar surface area (TPSA) is 70.0 Å². The number of aromatic amines is 1. The minimum atomic E-state index is -0.334. The molecule has 0 radical (unpaired) electrons. The van der Waals surface area contributed by atoms with Crippen LogP contribution in [0.5, 0.6) is 0 Å². The van der Waals surface area contributed by atoms with Gasteiger partial charge < -0.3 is 14.6 Å². The van der Waals surface area contributed by atoms with Crippen LogP contribution in [0.3, 0.4) is 0 Å². The summed E-state index contributed by atoms with van der Waals surface area (Å²) in [6, 6.07) is 6.18. The Kier molecular flexibility index (Phi) is 3.34. The van der Waals surface area contributed by atoms with Gasteiger partial charge in [-0.3, -0.25) is 5.10 Å². The van der Waals surface area contributed by atoms with Crippen molar-refractivity contribution in [1.29, 1.82) is 0 Å². The van der Waals surface area contributed by atoms with Crippen LogP contribution in [-0.4, -0.2) is 44.0 Å². The van der Waals surface area contributed by atoms with Gasteiger partial charge in [-0.2, -0.15) is 5.10 Å². The standard InChI is InChI=1S/C17H21N5O/c1-11-7-13(20-19-11)8-12-9-22(10-16(12)23)15-3-5-18-17-14(15)4-6-21(17)2/h3-7,12,16,23H,8-10H2,1-2H3,(H,19,20)/t12-,16-/m1/s1. The first kappa shape index (κ1) is 14.3. The van der Waals surface area contributed by atoms with Gasteiger partial charge in [-0.25, -0.2) is 4.98 Å². The third kappa shape index (κ3) is 2.49. The van der Waals surface area contributed by atoms with Gasteiger partial charge in [-0.15, -0.1) is 0 Å². The monoisotopic (exact) mass is 311 g/mol. The predicted octanol–water partition coefficient (Wildman–Crippen LogP) is 1.64. The second-order valence-corrected chi connectivity index (χ2v) is 6.47. The minimum absolute atomic E-state index is 0.199. The smallest absolute Gasteiger partial charge is 0.141 e. The van der Waals surface area contributed by atoms with E-state index in [2.05, 4.69) is 32.2 Å². The molecule has 6 nitrogen and oxygen atoms in total. The molecule has 4 heterocycles. The van der Waals surface area contributed by atoms with Crippen LogP contribution in [0.2, 0.25) is 0 Å². The quantitative estimate of drug-likeness (QED) is 0.771. The highest BCUT2D eigenvalue weighted by Crippen LogP contribution is 2.31. The van der Waals surface area contributed by atoms with Crippen molar-refractivity contribution in [1.82, 2.24) is 19.7 Å². The molecule has 0 amide bonds. The zero-order valence-corrected chi connectivity index (χ0v) is 13.4. The van der Waals surface area contributed by atoms with Crippen LogP contribution in [0.1, 0.15) is 11.4 Å². The average Bonchev–Trinajstić information content (AvgIpc) is 3.21. The van der Waals surface area contributed by atoms with Crippen molar-refractivity contribution in [2.75, 3.05) is 18.0 Å². The fourth-order valence-corrected chi connectivity index (χ4v) is 3.53. The van der Waals surface area contributed by atoms with Gasteiger partial charge in [0.1, 0.15) is 5.65 Å². The van der Waals surface area contributed by atoms with E-state index in [0.29, 0.717) is 6.54 Å². The van der Waals surface area contributed by atoms with E-state index in [1.54, 1.807) is 0 Å². The lowest BCUT2D eigenvalue weighted by Gasteiger charge is -2.19. The fourth-order valence-electron chi connectivity index (χ4n) is 3.53. The predicted molar refractivity (Wildman–Crippen MR) is 89.5 cm³/mol. The Morgan fingerprint density at radius 1 is 1.35 bits per heavy atom. The lowest BCUT2D eigenvalue weighted by Crippen LogP contribution is -2.21. The van der Waals surface area contributed by atoms with E-state index in [1.807, 2.05) is 37.0 Å². The Hall–Kier alpha value is -2.34. The van der Waals surface area contributed by atoms with Crippen molar-refractivity contribution in [3.05, 3.63) is 42.0 Å². The first-order chi connectivity index (χ1) is 11.1. The van der Waals surface area contributed by atoms with Gasteiger partial charge in [-0.05, 0) is 31.5 Å². The molecule has 120 valence electrons. The number of nitrogens with zero attached hydrogens (tertiary/aromatic N) is 4. The molecule has 0 aliphatic carbocycles. The second kappa shape index (κ2) is 5.38. The second-order valence-electron chi connectivity index (χ2n) is 6.47. The highest BCUT2D eigenvalue weighted by atomic mass is 16.3. The lowest BCUT2D eigenvalue weighted by molar-refractivity contribution is 0.148. The number of nitrogens with one attached hydrogen (secondary N) is 1. The van der Waals surface area contributed by atoms with Crippen molar-refractivity contribution >= 4 is 16.7 Å². The Morgan fingerprint density at radius 3 is 3.00 bits per heavy atom. The molecule has 2 atom stereocenters. The van der Waals surface area contributed by atoms with E-state index in [9.17, 15) is 5.11 Å². The van der Waals surface area contributed by atoms with Gasteiger partial charge in [0.25, 0.3) is 0 Å². The van der Waals surface area contributed by atoms with E-state index < -0.39 is 0 Å². The highest BCUT2D eigenvalue weighted by Gasteiger charge is 2.32. The van der Waals surface area contributed by atoms with E-state index in [-0.39, 0.29) is 12.0 Å². The summed E-state index contributed by atoms with van der Waals surface area (Å²) in [5, 5.41) is 18.9. The molecule has 23 heavy (non-hydrogen) atoms. The minimum Gasteiger partial charge on any atom is -0.391 e. The maximum Gasteiger partial charge on any atom is 0.141 e. The number of aliphatic hydroxyl groups is 1. The summed E-state index contributed by atoms with van der Waals surface area (Å²) in [5.74, 6) is 0.199. The molecule has 3 aromatic heterocycles. The number of anilines is 1. The molecule has 0 unspecified atom stereocenters. The molecule has 1 aliphatic rings. The van der Waals surface area contributed by atoms with Crippen LogP contribution < -0.4 is 4.90 Å². The molecule has 1 saturated heterocycles. The third-order valence-corrected chi connectivity index (χ3v) is 4.72. The average molecular weight is 311 g/mol. The van der Waals surface area contributed by atoms with Gasteiger partial charge >= 0.3 is 0 Å². The number of aromatic nitrogens is 4. The molecule has 0 aromatic carbocycles. The number of hydrogen-bond acceptors (Lipinski definition) is 4.